The maximum atomic E-state index is 6.24. The van der Waals surface area contributed by atoms with Crippen LogP contribution in [0.4, 0.5) is 11.6 Å². The van der Waals surface area contributed by atoms with Crippen molar-refractivity contribution in [3.8, 4) is 11.1 Å². The summed E-state index contributed by atoms with van der Waals surface area (Å²) in [6.07, 6.45) is 3.35. The average Bonchev–Trinajstić information content (AvgIpc) is 2.49. The fourth-order valence-corrected chi connectivity index (χ4v) is 2.48. The van der Waals surface area contributed by atoms with E-state index >= 15 is 0 Å². The van der Waals surface area contributed by atoms with Crippen LogP contribution in [-0.2, 0) is 0 Å². The summed E-state index contributed by atoms with van der Waals surface area (Å²) in [5.74, 6) is 0.331. The van der Waals surface area contributed by atoms with Crippen molar-refractivity contribution >= 4 is 34.8 Å². The number of anilines is 2. The Balaban J connectivity index is 1.97. The van der Waals surface area contributed by atoms with Crippen LogP contribution in [0.5, 0.6) is 0 Å². The number of hydrogen-bond acceptors (Lipinski definition) is 4. The monoisotopic (exact) mass is 316 g/mol. The largest absolute Gasteiger partial charge is 0.323 e. The Hall–Kier alpha value is -2.17. The molecule has 2 aromatic heterocycles. The smallest absolute Gasteiger partial charge is 0.230 e. The summed E-state index contributed by atoms with van der Waals surface area (Å²) in [6.45, 7) is 0. The van der Waals surface area contributed by atoms with Crippen molar-refractivity contribution in [2.24, 2.45) is 0 Å². The minimum Gasteiger partial charge on any atom is -0.323 e. The van der Waals surface area contributed by atoms with Crippen LogP contribution >= 0.6 is 23.2 Å². The number of halogens is 2. The number of benzene rings is 1. The third-order valence-corrected chi connectivity index (χ3v) is 3.35. The summed E-state index contributed by atoms with van der Waals surface area (Å²) in [7, 11) is 0. The van der Waals surface area contributed by atoms with Crippen molar-refractivity contribution in [1.82, 2.24) is 15.0 Å². The highest BCUT2D eigenvalue weighted by Crippen LogP contribution is 2.33. The van der Waals surface area contributed by atoms with Crippen LogP contribution in [0.3, 0.4) is 0 Å². The molecule has 6 heteroatoms. The van der Waals surface area contributed by atoms with Gasteiger partial charge in [0.05, 0.1) is 17.4 Å². The molecule has 0 saturated heterocycles. The van der Waals surface area contributed by atoms with Gasteiger partial charge >= 0.3 is 0 Å². The van der Waals surface area contributed by atoms with E-state index in [1.54, 1.807) is 12.4 Å². The number of rotatable bonds is 3. The lowest BCUT2D eigenvalue weighted by Crippen LogP contribution is -1.99. The van der Waals surface area contributed by atoms with Gasteiger partial charge in [-0.2, -0.15) is 0 Å². The zero-order valence-corrected chi connectivity index (χ0v) is 12.3. The van der Waals surface area contributed by atoms with Crippen molar-refractivity contribution in [1.29, 1.82) is 0 Å². The number of hydrogen-bond donors (Lipinski definition) is 1. The number of aromatic nitrogens is 3. The van der Waals surface area contributed by atoms with Crippen LogP contribution in [0.2, 0.25) is 10.3 Å². The van der Waals surface area contributed by atoms with E-state index < -0.39 is 0 Å². The molecule has 0 fully saturated rings. The molecule has 21 heavy (non-hydrogen) atoms. The van der Waals surface area contributed by atoms with Crippen LogP contribution in [0.15, 0.2) is 54.9 Å². The van der Waals surface area contributed by atoms with Gasteiger partial charge in [-0.3, -0.25) is 4.98 Å². The van der Waals surface area contributed by atoms with E-state index in [0.717, 1.165) is 11.3 Å². The van der Waals surface area contributed by atoms with Crippen LogP contribution in [0.25, 0.3) is 11.1 Å². The van der Waals surface area contributed by atoms with Crippen molar-refractivity contribution in [3.63, 3.8) is 0 Å². The fraction of sp³-hybridized carbons (Fsp3) is 0. The van der Waals surface area contributed by atoms with Crippen molar-refractivity contribution in [2.45, 2.75) is 0 Å². The van der Waals surface area contributed by atoms with Crippen LogP contribution in [0, 0.1) is 0 Å². The summed E-state index contributed by atoms with van der Waals surface area (Å²) in [5, 5.41) is 3.61. The van der Waals surface area contributed by atoms with E-state index in [9.17, 15) is 0 Å². The topological polar surface area (TPSA) is 50.7 Å². The zero-order chi connectivity index (χ0) is 14.7. The molecule has 0 unspecified atom stereocenters. The third-order valence-electron chi connectivity index (χ3n) is 2.80. The predicted molar refractivity (Wildman–Crippen MR) is 85.0 cm³/mol. The van der Waals surface area contributed by atoms with Gasteiger partial charge in [0.2, 0.25) is 5.95 Å². The molecule has 0 aliphatic carbocycles. The van der Waals surface area contributed by atoms with E-state index in [1.807, 2.05) is 42.5 Å². The molecule has 104 valence electrons. The highest BCUT2D eigenvalue weighted by atomic mass is 35.5. The Bertz CT molecular complexity index is 725. The molecule has 2 heterocycles. The highest BCUT2D eigenvalue weighted by molar-refractivity contribution is 6.37. The van der Waals surface area contributed by atoms with Crippen molar-refractivity contribution < 1.29 is 0 Å². The summed E-state index contributed by atoms with van der Waals surface area (Å²) in [4.78, 5) is 12.5. The molecular formula is C15H10Cl2N4. The number of nitrogens with zero attached hydrogens (tertiary/aromatic N) is 3. The number of pyridine rings is 1. The Labute approximate surface area is 131 Å². The predicted octanol–water partition coefficient (Wildman–Crippen LogP) is 4.59. The molecule has 0 aliphatic rings. The molecule has 0 atom stereocenters. The molecule has 0 spiro atoms. The van der Waals surface area contributed by atoms with Crippen LogP contribution in [-0.4, -0.2) is 15.0 Å². The van der Waals surface area contributed by atoms with Gasteiger partial charge in [0.1, 0.15) is 10.3 Å². The second-order valence-corrected chi connectivity index (χ2v) is 4.95. The van der Waals surface area contributed by atoms with E-state index in [0.29, 0.717) is 21.8 Å². The average molecular weight is 317 g/mol. The van der Waals surface area contributed by atoms with E-state index in [4.69, 9.17) is 23.2 Å². The molecule has 1 N–H and O–H groups in total. The summed E-state index contributed by atoms with van der Waals surface area (Å²) in [5.41, 5.74) is 2.26. The fourth-order valence-electron chi connectivity index (χ4n) is 1.87. The quantitative estimate of drug-likeness (QED) is 0.718. The van der Waals surface area contributed by atoms with Crippen molar-refractivity contribution in [2.75, 3.05) is 5.32 Å². The SMILES string of the molecule is Clc1nc(Nc2cccnc2)nc(Cl)c1-c1ccccc1. The molecule has 0 saturated carbocycles. The first-order chi connectivity index (χ1) is 10.2. The lowest BCUT2D eigenvalue weighted by molar-refractivity contribution is 1.16. The molecule has 0 amide bonds. The molecule has 0 bridgehead atoms. The minimum absolute atomic E-state index is 0.299. The van der Waals surface area contributed by atoms with Gasteiger partial charge in [-0.05, 0) is 17.7 Å². The normalized spacial score (nSPS) is 10.4. The lowest BCUT2D eigenvalue weighted by Gasteiger charge is -2.09. The maximum Gasteiger partial charge on any atom is 0.230 e. The molecule has 3 aromatic rings. The maximum absolute atomic E-state index is 6.24. The van der Waals surface area contributed by atoms with E-state index in [2.05, 4.69) is 20.3 Å². The molecule has 3 rings (SSSR count). The first-order valence-electron chi connectivity index (χ1n) is 6.19. The standard InChI is InChI=1S/C15H10Cl2N4/c16-13-12(10-5-2-1-3-6-10)14(17)21-15(20-13)19-11-7-4-8-18-9-11/h1-9H,(H,19,20,21). The second-order valence-electron chi connectivity index (χ2n) is 4.24. The number of nitrogens with one attached hydrogen (secondary N) is 1. The summed E-state index contributed by atoms with van der Waals surface area (Å²) < 4.78 is 0. The Morgan fingerprint density at radius 3 is 2.19 bits per heavy atom. The van der Waals surface area contributed by atoms with Gasteiger partial charge in [-0.1, -0.05) is 53.5 Å². The van der Waals surface area contributed by atoms with Gasteiger partial charge < -0.3 is 5.32 Å². The molecular weight excluding hydrogens is 307 g/mol. The second kappa shape index (κ2) is 6.08. The van der Waals surface area contributed by atoms with Gasteiger partial charge in [-0.25, -0.2) is 9.97 Å². The molecule has 1 aromatic carbocycles. The van der Waals surface area contributed by atoms with Crippen molar-refractivity contribution in [3.05, 3.63) is 65.2 Å². The van der Waals surface area contributed by atoms with E-state index in [1.165, 1.54) is 0 Å². The zero-order valence-electron chi connectivity index (χ0n) is 10.8. The summed E-state index contributed by atoms with van der Waals surface area (Å²) >= 11 is 12.5. The Morgan fingerprint density at radius 1 is 0.857 bits per heavy atom. The first-order valence-corrected chi connectivity index (χ1v) is 6.95. The lowest BCUT2D eigenvalue weighted by atomic mass is 10.1. The van der Waals surface area contributed by atoms with Crippen LogP contribution in [0.1, 0.15) is 0 Å². The van der Waals surface area contributed by atoms with Gasteiger partial charge in [0.15, 0.2) is 0 Å². The summed E-state index contributed by atoms with van der Waals surface area (Å²) in [6, 6.07) is 13.2. The minimum atomic E-state index is 0.299. The van der Waals surface area contributed by atoms with E-state index in [-0.39, 0.29) is 0 Å². The first kappa shape index (κ1) is 13.8. The molecule has 0 radical (unpaired) electrons. The Morgan fingerprint density at radius 2 is 1.57 bits per heavy atom. The van der Waals surface area contributed by atoms with Gasteiger partial charge in [-0.15, -0.1) is 0 Å². The molecule has 0 aliphatic heterocycles. The highest BCUT2D eigenvalue weighted by Gasteiger charge is 2.13. The molecule has 4 nitrogen and oxygen atoms in total. The van der Waals surface area contributed by atoms with Crippen LogP contribution < -0.4 is 5.32 Å². The third kappa shape index (κ3) is 3.12. The Kier molecular flexibility index (Phi) is 3.99. The van der Waals surface area contributed by atoms with Gasteiger partial charge in [0.25, 0.3) is 0 Å². The van der Waals surface area contributed by atoms with Gasteiger partial charge in [0, 0.05) is 6.20 Å².